The van der Waals surface area contributed by atoms with Gasteiger partial charge in [0.25, 0.3) is 0 Å². The smallest absolute Gasteiger partial charge is 0.337 e. The Hall–Kier alpha value is -4.06. The van der Waals surface area contributed by atoms with Gasteiger partial charge in [0.1, 0.15) is 5.75 Å². The van der Waals surface area contributed by atoms with Gasteiger partial charge in [0.2, 0.25) is 0 Å². The van der Waals surface area contributed by atoms with Crippen molar-refractivity contribution in [1.29, 1.82) is 0 Å². The molecule has 0 atom stereocenters. The van der Waals surface area contributed by atoms with Crippen molar-refractivity contribution in [2.24, 2.45) is 0 Å². The van der Waals surface area contributed by atoms with E-state index in [0.29, 0.717) is 34.5 Å². The van der Waals surface area contributed by atoms with Crippen LogP contribution >= 0.6 is 0 Å². The van der Waals surface area contributed by atoms with E-state index in [1.807, 2.05) is 6.07 Å². The van der Waals surface area contributed by atoms with Crippen LogP contribution in [0.15, 0.2) is 66.7 Å². The second-order valence-electron chi connectivity index (χ2n) is 8.61. The quantitative estimate of drug-likeness (QED) is 0.378. The maximum absolute atomic E-state index is 11.8. The van der Waals surface area contributed by atoms with Crippen LogP contribution in [0.3, 0.4) is 0 Å². The third-order valence-electron chi connectivity index (χ3n) is 6.34. The fourth-order valence-corrected chi connectivity index (χ4v) is 4.22. The first-order valence-corrected chi connectivity index (χ1v) is 11.4. The number of nitrogens with zero attached hydrogens (tertiary/aromatic N) is 3. The highest BCUT2D eigenvalue weighted by atomic mass is 16.5. The number of carbonyl (C=O) groups is 1. The summed E-state index contributed by atoms with van der Waals surface area (Å²) in [5, 5.41) is 10.5. The van der Waals surface area contributed by atoms with Gasteiger partial charge in [-0.1, -0.05) is 54.4 Å². The first-order chi connectivity index (χ1) is 16.5. The lowest BCUT2D eigenvalue weighted by molar-refractivity contribution is 0.0600. The number of phenolic OH excluding ortho intramolecular Hbond substituents is 1. The summed E-state index contributed by atoms with van der Waals surface area (Å²) < 4.78 is 4.80. The summed E-state index contributed by atoms with van der Waals surface area (Å²) in [6.45, 7) is 2.10. The summed E-state index contributed by atoms with van der Waals surface area (Å²) >= 11 is 0. The Morgan fingerprint density at radius 3 is 2.21 bits per heavy atom. The molecule has 34 heavy (non-hydrogen) atoms. The Balaban J connectivity index is 1.68. The van der Waals surface area contributed by atoms with E-state index in [-0.39, 0.29) is 5.75 Å². The maximum Gasteiger partial charge on any atom is 0.337 e. The zero-order valence-electron chi connectivity index (χ0n) is 19.2. The van der Waals surface area contributed by atoms with E-state index in [1.54, 1.807) is 42.5 Å². The van der Waals surface area contributed by atoms with E-state index in [9.17, 15) is 9.90 Å². The summed E-state index contributed by atoms with van der Waals surface area (Å²) in [7, 11) is 1.36. The van der Waals surface area contributed by atoms with Gasteiger partial charge in [0, 0.05) is 11.1 Å². The molecule has 0 aliphatic heterocycles. The van der Waals surface area contributed by atoms with Gasteiger partial charge < -0.3 is 9.84 Å². The molecule has 1 saturated carbocycles. The van der Waals surface area contributed by atoms with Crippen LogP contribution in [0.25, 0.3) is 34.2 Å². The third kappa shape index (κ3) is 4.15. The van der Waals surface area contributed by atoms with E-state index >= 15 is 0 Å². The molecular formula is C28H25N3O3. The number of phenols is 1. The topological polar surface area (TPSA) is 85.2 Å². The molecule has 6 heteroatoms. The number of hydrogen-bond acceptors (Lipinski definition) is 6. The molecule has 1 aliphatic rings. The number of esters is 1. The number of para-hydroxylation sites is 1. The summed E-state index contributed by atoms with van der Waals surface area (Å²) in [4.78, 5) is 26.2. The number of ether oxygens (including phenoxy) is 1. The highest BCUT2D eigenvalue weighted by molar-refractivity contribution is 5.89. The molecule has 0 bridgehead atoms. The Bertz CT molecular complexity index is 1360. The van der Waals surface area contributed by atoms with Crippen LogP contribution in [-0.4, -0.2) is 33.1 Å². The van der Waals surface area contributed by atoms with Crippen LogP contribution in [-0.2, 0) is 4.74 Å². The minimum absolute atomic E-state index is 0.106. The molecule has 3 aromatic carbocycles. The predicted molar refractivity (Wildman–Crippen MR) is 130 cm³/mol. The van der Waals surface area contributed by atoms with Crippen molar-refractivity contribution in [2.45, 2.75) is 32.1 Å². The molecule has 1 N–H and O–H groups in total. The molecule has 1 aromatic heterocycles. The van der Waals surface area contributed by atoms with Crippen molar-refractivity contribution >= 4 is 5.97 Å². The largest absolute Gasteiger partial charge is 0.507 e. The molecule has 0 radical (unpaired) electrons. The fraction of sp³-hybridized carbons (Fsp3) is 0.214. The van der Waals surface area contributed by atoms with Crippen LogP contribution in [0, 0.1) is 6.92 Å². The van der Waals surface area contributed by atoms with Gasteiger partial charge in [-0.25, -0.2) is 19.7 Å². The lowest BCUT2D eigenvalue weighted by Gasteiger charge is -2.28. The lowest BCUT2D eigenvalue weighted by Crippen LogP contribution is -2.11. The molecule has 1 aliphatic carbocycles. The molecular weight excluding hydrogens is 426 g/mol. The third-order valence-corrected chi connectivity index (χ3v) is 6.34. The van der Waals surface area contributed by atoms with Gasteiger partial charge in [-0.2, -0.15) is 0 Å². The summed E-state index contributed by atoms with van der Waals surface area (Å²) in [6.07, 6.45) is 3.56. The highest BCUT2D eigenvalue weighted by Crippen LogP contribution is 2.41. The van der Waals surface area contributed by atoms with E-state index < -0.39 is 5.97 Å². The molecule has 6 nitrogen and oxygen atoms in total. The summed E-state index contributed by atoms with van der Waals surface area (Å²) in [5.41, 5.74) is 5.18. The van der Waals surface area contributed by atoms with Crippen molar-refractivity contribution in [3.05, 3.63) is 83.4 Å². The number of carbonyl (C=O) groups excluding carboxylic acids is 1. The van der Waals surface area contributed by atoms with Gasteiger partial charge in [0.15, 0.2) is 17.5 Å². The van der Waals surface area contributed by atoms with Gasteiger partial charge >= 0.3 is 5.97 Å². The molecule has 4 aromatic rings. The van der Waals surface area contributed by atoms with E-state index in [0.717, 1.165) is 24.0 Å². The van der Waals surface area contributed by atoms with Crippen LogP contribution < -0.4 is 0 Å². The van der Waals surface area contributed by atoms with Crippen molar-refractivity contribution < 1.29 is 14.6 Å². The van der Waals surface area contributed by atoms with E-state index in [1.165, 1.54) is 24.7 Å². The molecule has 170 valence electrons. The average molecular weight is 452 g/mol. The molecule has 1 fully saturated rings. The number of methoxy groups -OCH3 is 1. The van der Waals surface area contributed by atoms with E-state index in [2.05, 4.69) is 30.1 Å². The Kier molecular flexibility index (Phi) is 5.80. The monoisotopic (exact) mass is 451 g/mol. The first kappa shape index (κ1) is 21.8. The van der Waals surface area contributed by atoms with Crippen molar-refractivity contribution in [2.75, 3.05) is 7.11 Å². The fourth-order valence-electron chi connectivity index (χ4n) is 4.22. The van der Waals surface area contributed by atoms with Crippen molar-refractivity contribution in [3.63, 3.8) is 0 Å². The number of benzene rings is 3. The average Bonchev–Trinajstić information content (AvgIpc) is 2.83. The zero-order chi connectivity index (χ0) is 23.7. The predicted octanol–water partition coefficient (Wildman–Crippen LogP) is 5.94. The number of aryl methyl sites for hydroxylation is 1. The Morgan fingerprint density at radius 1 is 0.882 bits per heavy atom. The standard InChI is InChI=1S/C28H25N3O3/c1-17-10-15-21(23(16-17)18-6-5-7-18)26-29-25(19-11-13-20(14-12-19)28(33)34-2)30-27(31-26)22-8-3-4-9-24(22)32/h3-4,8-16,18,32H,5-7H2,1-2H3. The zero-order valence-corrected chi connectivity index (χ0v) is 19.2. The number of aromatic nitrogens is 3. The highest BCUT2D eigenvalue weighted by Gasteiger charge is 2.25. The molecule has 5 rings (SSSR count). The molecule has 0 unspecified atom stereocenters. The number of rotatable bonds is 5. The minimum atomic E-state index is -0.400. The molecule has 0 spiro atoms. The minimum Gasteiger partial charge on any atom is -0.507 e. The van der Waals surface area contributed by atoms with Gasteiger partial charge in [-0.15, -0.1) is 0 Å². The van der Waals surface area contributed by atoms with Crippen molar-refractivity contribution in [3.8, 4) is 39.9 Å². The van der Waals surface area contributed by atoms with Gasteiger partial charge in [-0.05, 0) is 55.5 Å². The van der Waals surface area contributed by atoms with Crippen LogP contribution in [0.4, 0.5) is 0 Å². The summed E-state index contributed by atoms with van der Waals surface area (Å²) in [5.74, 6) is 1.65. The normalized spacial score (nSPS) is 13.4. The Labute approximate surface area is 198 Å². The number of hydrogen-bond donors (Lipinski definition) is 1. The van der Waals surface area contributed by atoms with Crippen molar-refractivity contribution in [1.82, 2.24) is 15.0 Å². The second-order valence-corrected chi connectivity index (χ2v) is 8.61. The van der Waals surface area contributed by atoms with Gasteiger partial charge in [-0.3, -0.25) is 0 Å². The molecule has 1 heterocycles. The second kappa shape index (κ2) is 9.06. The Morgan fingerprint density at radius 2 is 1.56 bits per heavy atom. The SMILES string of the molecule is COC(=O)c1ccc(-c2nc(-c3ccccc3O)nc(-c3ccc(C)cc3C3CCC3)n2)cc1. The van der Waals surface area contributed by atoms with Crippen LogP contribution in [0.2, 0.25) is 0 Å². The van der Waals surface area contributed by atoms with Gasteiger partial charge in [0.05, 0.1) is 18.2 Å². The van der Waals surface area contributed by atoms with Crippen LogP contribution in [0.1, 0.15) is 46.7 Å². The first-order valence-electron chi connectivity index (χ1n) is 11.4. The lowest BCUT2D eigenvalue weighted by atomic mass is 9.77. The molecule has 0 saturated heterocycles. The van der Waals surface area contributed by atoms with Crippen LogP contribution in [0.5, 0.6) is 5.75 Å². The summed E-state index contributed by atoms with van der Waals surface area (Å²) in [6, 6.07) is 20.4. The number of aromatic hydroxyl groups is 1. The van der Waals surface area contributed by atoms with E-state index in [4.69, 9.17) is 14.7 Å². The maximum atomic E-state index is 11.8. The molecule has 0 amide bonds.